The van der Waals surface area contributed by atoms with Crippen molar-refractivity contribution in [2.75, 3.05) is 10.0 Å². The van der Waals surface area contributed by atoms with Crippen LogP contribution in [0.2, 0.25) is 0 Å². The van der Waals surface area contributed by atoms with E-state index in [4.69, 9.17) is 5.73 Å². The maximum atomic E-state index is 15.1. The normalized spacial score (nSPS) is 17.6. The Balaban J connectivity index is 1.33. The molecule has 1 aliphatic rings. The minimum Gasteiger partial charge on any atom is -0.351 e. The van der Waals surface area contributed by atoms with Gasteiger partial charge in [-0.2, -0.15) is 0 Å². The summed E-state index contributed by atoms with van der Waals surface area (Å²) in [6.07, 6.45) is 8.90. The van der Waals surface area contributed by atoms with Gasteiger partial charge >= 0.3 is 0 Å². The molecule has 8 nitrogen and oxygen atoms in total. The van der Waals surface area contributed by atoms with Gasteiger partial charge in [-0.15, -0.1) is 0 Å². The zero-order valence-corrected chi connectivity index (χ0v) is 22.1. The fourth-order valence-corrected chi connectivity index (χ4v) is 6.26. The van der Waals surface area contributed by atoms with Gasteiger partial charge in [0.2, 0.25) is 5.95 Å². The van der Waals surface area contributed by atoms with E-state index in [2.05, 4.69) is 25.0 Å². The first-order valence-electron chi connectivity index (χ1n) is 12.2. The van der Waals surface area contributed by atoms with Crippen LogP contribution in [0.15, 0.2) is 93.9 Å². The molecular weight excluding hydrogens is 523 g/mol. The minimum absolute atomic E-state index is 0.103. The van der Waals surface area contributed by atoms with E-state index >= 15 is 4.39 Å². The van der Waals surface area contributed by atoms with Gasteiger partial charge in [-0.05, 0) is 68.1 Å². The van der Waals surface area contributed by atoms with E-state index in [0.29, 0.717) is 16.5 Å². The van der Waals surface area contributed by atoms with Gasteiger partial charge in [0.15, 0.2) is 0 Å². The Labute approximate surface area is 225 Å². The predicted octanol–water partition coefficient (Wildman–Crippen LogP) is 5.31. The highest BCUT2D eigenvalue weighted by Gasteiger charge is 2.20. The van der Waals surface area contributed by atoms with Gasteiger partial charge in [0, 0.05) is 46.0 Å². The first-order chi connectivity index (χ1) is 18.4. The van der Waals surface area contributed by atoms with Crippen LogP contribution in [0.3, 0.4) is 0 Å². The number of aromatic nitrogens is 3. The highest BCUT2D eigenvalue weighted by atomic mass is 32.2. The van der Waals surface area contributed by atoms with E-state index in [1.54, 1.807) is 55.0 Å². The number of hydrogen-bond donors (Lipinski definition) is 3. The lowest BCUT2D eigenvalue weighted by atomic mass is 9.92. The number of nitrogens with two attached hydrogens (primary N) is 1. The van der Waals surface area contributed by atoms with Gasteiger partial charge in [-0.1, -0.05) is 30.0 Å². The van der Waals surface area contributed by atoms with Crippen molar-refractivity contribution in [1.82, 2.24) is 15.0 Å². The van der Waals surface area contributed by atoms with Gasteiger partial charge in [-0.25, -0.2) is 22.8 Å². The molecule has 2 aromatic carbocycles. The van der Waals surface area contributed by atoms with Crippen LogP contribution in [0, 0.1) is 5.82 Å². The molecule has 4 aromatic rings. The fourth-order valence-electron chi connectivity index (χ4n) is 4.27. The van der Waals surface area contributed by atoms with E-state index in [-0.39, 0.29) is 22.7 Å². The van der Waals surface area contributed by atoms with Crippen molar-refractivity contribution in [2.24, 2.45) is 5.73 Å². The number of pyridine rings is 1. The summed E-state index contributed by atoms with van der Waals surface area (Å²) in [6, 6.07) is 16.3. The molecule has 11 heteroatoms. The van der Waals surface area contributed by atoms with E-state index in [1.165, 1.54) is 36.0 Å². The molecule has 2 aromatic heterocycles. The molecule has 0 aliphatic heterocycles. The van der Waals surface area contributed by atoms with Crippen LogP contribution in [0.1, 0.15) is 25.7 Å². The minimum atomic E-state index is -3.82. The third-order valence-electron chi connectivity index (χ3n) is 6.28. The molecule has 1 saturated carbocycles. The number of rotatable bonds is 8. The number of sulfonamides is 1. The van der Waals surface area contributed by atoms with E-state index < -0.39 is 15.8 Å². The summed E-state index contributed by atoms with van der Waals surface area (Å²) in [4.78, 5) is 14.5. The van der Waals surface area contributed by atoms with Crippen molar-refractivity contribution in [3.8, 4) is 11.3 Å². The maximum absolute atomic E-state index is 15.1. The molecule has 1 aliphatic carbocycles. The lowest BCUT2D eigenvalue weighted by molar-refractivity contribution is 0.410. The molecule has 38 heavy (non-hydrogen) atoms. The zero-order chi connectivity index (χ0) is 26.5. The SMILES string of the molecule is NC1CCC(Nc2nccc(-c3cnccc3Sc3ccc(NS(=O)(=O)c4ccccc4)cc3F)n2)CC1. The number of benzene rings is 2. The Morgan fingerprint density at radius 2 is 1.74 bits per heavy atom. The van der Waals surface area contributed by atoms with Gasteiger partial charge in [-0.3, -0.25) is 9.71 Å². The number of anilines is 2. The Bertz CT molecular complexity index is 1510. The molecule has 2 heterocycles. The molecule has 0 spiro atoms. The Kier molecular flexibility index (Phi) is 7.87. The first-order valence-corrected chi connectivity index (χ1v) is 14.5. The van der Waals surface area contributed by atoms with Gasteiger partial charge in [0.25, 0.3) is 10.0 Å². The number of nitrogens with zero attached hydrogens (tertiary/aromatic N) is 3. The van der Waals surface area contributed by atoms with E-state index in [0.717, 1.165) is 36.1 Å². The summed E-state index contributed by atoms with van der Waals surface area (Å²) in [7, 11) is -3.82. The van der Waals surface area contributed by atoms with Crippen LogP contribution in [0.4, 0.5) is 16.0 Å². The summed E-state index contributed by atoms with van der Waals surface area (Å²) < 4.78 is 42.7. The van der Waals surface area contributed by atoms with Crippen LogP contribution in [0.25, 0.3) is 11.3 Å². The van der Waals surface area contributed by atoms with Gasteiger partial charge < -0.3 is 11.1 Å². The zero-order valence-electron chi connectivity index (χ0n) is 20.4. The van der Waals surface area contributed by atoms with Crippen LogP contribution in [0.5, 0.6) is 0 Å². The topological polar surface area (TPSA) is 123 Å². The molecular formula is C27H27FN6O2S2. The van der Waals surface area contributed by atoms with Crippen LogP contribution < -0.4 is 15.8 Å². The lowest BCUT2D eigenvalue weighted by Crippen LogP contribution is -2.33. The third kappa shape index (κ3) is 6.29. The molecule has 0 radical (unpaired) electrons. The summed E-state index contributed by atoms with van der Waals surface area (Å²) in [5, 5.41) is 3.41. The van der Waals surface area contributed by atoms with Crippen LogP contribution in [-0.4, -0.2) is 35.5 Å². The molecule has 1 fully saturated rings. The molecule has 0 bridgehead atoms. The van der Waals surface area contributed by atoms with Crippen molar-refractivity contribution in [2.45, 2.75) is 52.5 Å². The Morgan fingerprint density at radius 1 is 0.947 bits per heavy atom. The summed E-state index contributed by atoms with van der Waals surface area (Å²) >= 11 is 1.21. The quantitative estimate of drug-likeness (QED) is 0.270. The molecule has 0 atom stereocenters. The molecule has 5 rings (SSSR count). The van der Waals surface area contributed by atoms with Crippen LogP contribution >= 0.6 is 11.8 Å². The molecule has 196 valence electrons. The van der Waals surface area contributed by atoms with Crippen molar-refractivity contribution in [3.05, 3.63) is 85.1 Å². The lowest BCUT2D eigenvalue weighted by Gasteiger charge is -2.26. The first kappa shape index (κ1) is 26.1. The van der Waals surface area contributed by atoms with E-state index in [1.807, 2.05) is 0 Å². The summed E-state index contributed by atoms with van der Waals surface area (Å²) in [5.41, 5.74) is 7.56. The largest absolute Gasteiger partial charge is 0.351 e. The molecule has 4 N–H and O–H groups in total. The second kappa shape index (κ2) is 11.5. The smallest absolute Gasteiger partial charge is 0.261 e. The predicted molar refractivity (Wildman–Crippen MR) is 147 cm³/mol. The summed E-state index contributed by atoms with van der Waals surface area (Å²) in [5.74, 6) is -0.0180. The average molecular weight is 551 g/mol. The number of halogens is 1. The highest BCUT2D eigenvalue weighted by molar-refractivity contribution is 7.99. The van der Waals surface area contributed by atoms with Crippen LogP contribution in [-0.2, 0) is 10.0 Å². The highest BCUT2D eigenvalue weighted by Crippen LogP contribution is 2.37. The Hall–Kier alpha value is -3.54. The third-order valence-corrected chi connectivity index (χ3v) is 8.80. The van der Waals surface area contributed by atoms with Gasteiger partial charge in [0.1, 0.15) is 5.82 Å². The fraction of sp³-hybridized carbons (Fsp3) is 0.222. The number of nitrogens with one attached hydrogen (secondary N) is 2. The van der Waals surface area contributed by atoms with Crippen molar-refractivity contribution in [3.63, 3.8) is 0 Å². The summed E-state index contributed by atoms with van der Waals surface area (Å²) in [6.45, 7) is 0. The molecule has 0 unspecified atom stereocenters. The second-order valence-corrected chi connectivity index (χ2v) is 11.8. The Morgan fingerprint density at radius 3 is 2.50 bits per heavy atom. The average Bonchev–Trinajstić information content (AvgIpc) is 2.92. The maximum Gasteiger partial charge on any atom is 0.261 e. The van der Waals surface area contributed by atoms with Crippen molar-refractivity contribution in [1.29, 1.82) is 0 Å². The van der Waals surface area contributed by atoms with Crippen molar-refractivity contribution < 1.29 is 12.8 Å². The van der Waals surface area contributed by atoms with Crippen molar-refractivity contribution >= 4 is 33.4 Å². The van der Waals surface area contributed by atoms with E-state index in [9.17, 15) is 8.42 Å². The standard InChI is InChI=1S/C27H27FN6O2S2/c28-23-16-20(34-38(35,36)21-4-2-1-3-5-21)10-11-26(23)37-25-13-14-30-17-22(25)24-12-15-31-27(33-24)32-19-8-6-18(29)7-9-19/h1-5,10-19,34H,6-9,29H2,(H,31,32,33). The number of hydrogen-bond acceptors (Lipinski definition) is 8. The monoisotopic (exact) mass is 550 g/mol. The molecule has 0 saturated heterocycles. The molecule has 0 amide bonds. The van der Waals surface area contributed by atoms with Gasteiger partial charge in [0.05, 0.1) is 16.3 Å². The second-order valence-electron chi connectivity index (χ2n) is 9.06.